The fraction of sp³-hybridized carbons (Fsp3) is 0.357. The van der Waals surface area contributed by atoms with E-state index in [4.69, 9.17) is 4.74 Å². The van der Waals surface area contributed by atoms with Gasteiger partial charge in [0.25, 0.3) is 0 Å². The third-order valence-corrected chi connectivity index (χ3v) is 11.1. The lowest BCUT2D eigenvalue weighted by Crippen LogP contribution is -2.22. The van der Waals surface area contributed by atoms with Crippen molar-refractivity contribution in [2.24, 2.45) is 5.92 Å². The Labute approximate surface area is 294 Å². The number of ketones is 2. The molecular formula is C42H46O4S2. The zero-order chi connectivity index (χ0) is 34.0. The van der Waals surface area contributed by atoms with E-state index >= 15 is 0 Å². The van der Waals surface area contributed by atoms with Gasteiger partial charge < -0.3 is 4.74 Å². The summed E-state index contributed by atoms with van der Waals surface area (Å²) < 4.78 is 5.85. The fourth-order valence-electron chi connectivity index (χ4n) is 6.14. The molecule has 48 heavy (non-hydrogen) atoms. The molecule has 0 heterocycles. The molecule has 0 spiro atoms. The number of carbonyl (C=O) groups excluding carboxylic acids is 3. The van der Waals surface area contributed by atoms with E-state index in [-0.39, 0.29) is 23.5 Å². The number of unbranched alkanes of at least 4 members (excludes halogenated alkanes) is 5. The van der Waals surface area contributed by atoms with Crippen molar-refractivity contribution >= 4 is 41.1 Å². The van der Waals surface area contributed by atoms with Gasteiger partial charge in [-0.2, -0.15) is 0 Å². The summed E-state index contributed by atoms with van der Waals surface area (Å²) >= 11 is 2.95. The van der Waals surface area contributed by atoms with Gasteiger partial charge in [0.05, 0.1) is 5.92 Å². The van der Waals surface area contributed by atoms with E-state index in [1.165, 1.54) is 41.9 Å². The van der Waals surface area contributed by atoms with Gasteiger partial charge in [0.1, 0.15) is 5.75 Å². The Morgan fingerprint density at radius 3 is 1.60 bits per heavy atom. The lowest BCUT2D eigenvalue weighted by molar-refractivity contribution is -0.139. The van der Waals surface area contributed by atoms with Crippen molar-refractivity contribution in [3.63, 3.8) is 0 Å². The van der Waals surface area contributed by atoms with Crippen molar-refractivity contribution < 1.29 is 19.1 Å². The van der Waals surface area contributed by atoms with Gasteiger partial charge in [0, 0.05) is 41.8 Å². The number of benzene rings is 4. The SMILES string of the molecule is CCCCCCC(CCCCC)C(=O)Oc1ccc(Sc2cccc3c2C(=O)c2cccc(Sc4ccc(C(C)C)cc4)c2C3=O)cc1. The molecule has 0 aliphatic heterocycles. The molecule has 0 saturated carbocycles. The maximum atomic E-state index is 14.0. The second-order valence-electron chi connectivity index (χ2n) is 12.9. The Morgan fingerprint density at radius 2 is 1.10 bits per heavy atom. The Balaban J connectivity index is 1.30. The first-order valence-electron chi connectivity index (χ1n) is 17.4. The van der Waals surface area contributed by atoms with Gasteiger partial charge in [0.15, 0.2) is 11.6 Å². The Morgan fingerprint density at radius 1 is 0.625 bits per heavy atom. The molecule has 4 aromatic carbocycles. The molecule has 4 aromatic rings. The zero-order valence-corrected chi connectivity index (χ0v) is 30.2. The van der Waals surface area contributed by atoms with Crippen molar-refractivity contribution in [2.75, 3.05) is 0 Å². The molecule has 4 nitrogen and oxygen atoms in total. The molecule has 1 atom stereocenters. The smallest absolute Gasteiger partial charge is 0.314 e. The van der Waals surface area contributed by atoms with Gasteiger partial charge >= 0.3 is 5.97 Å². The Kier molecular flexibility index (Phi) is 12.8. The summed E-state index contributed by atoms with van der Waals surface area (Å²) in [6.07, 6.45) is 9.60. The second kappa shape index (κ2) is 17.2. The highest BCUT2D eigenvalue weighted by molar-refractivity contribution is 7.99. The second-order valence-corrected chi connectivity index (χ2v) is 15.1. The van der Waals surface area contributed by atoms with Crippen LogP contribution < -0.4 is 4.74 Å². The minimum absolute atomic E-state index is 0.0749. The van der Waals surface area contributed by atoms with E-state index in [1.807, 2.05) is 48.5 Å². The topological polar surface area (TPSA) is 60.4 Å². The van der Waals surface area contributed by atoms with Gasteiger partial charge in [-0.25, -0.2) is 0 Å². The maximum Gasteiger partial charge on any atom is 0.314 e. The molecule has 5 rings (SSSR count). The van der Waals surface area contributed by atoms with Crippen molar-refractivity contribution in [1.82, 2.24) is 0 Å². The van der Waals surface area contributed by atoms with E-state index in [0.717, 1.165) is 64.5 Å². The molecule has 1 aliphatic rings. The molecule has 0 fully saturated rings. The number of rotatable bonds is 16. The van der Waals surface area contributed by atoms with Crippen LogP contribution in [-0.2, 0) is 4.79 Å². The molecule has 0 amide bonds. The van der Waals surface area contributed by atoms with Crippen LogP contribution in [-0.4, -0.2) is 17.5 Å². The summed E-state index contributed by atoms with van der Waals surface area (Å²) in [6, 6.07) is 26.8. The molecule has 0 saturated heterocycles. The number of esters is 1. The molecular weight excluding hydrogens is 633 g/mol. The van der Waals surface area contributed by atoms with Gasteiger partial charge in [-0.05, 0) is 72.9 Å². The quantitative estimate of drug-likeness (QED) is 0.0588. The maximum absolute atomic E-state index is 14.0. The number of hydrogen-bond donors (Lipinski definition) is 0. The van der Waals surface area contributed by atoms with Gasteiger partial charge in [-0.3, -0.25) is 14.4 Å². The van der Waals surface area contributed by atoms with Crippen molar-refractivity contribution in [3.05, 3.63) is 113 Å². The fourth-order valence-corrected chi connectivity index (χ4v) is 8.09. The molecule has 0 bridgehead atoms. The zero-order valence-electron chi connectivity index (χ0n) is 28.6. The van der Waals surface area contributed by atoms with Crippen LogP contribution in [0, 0.1) is 5.92 Å². The molecule has 6 heteroatoms. The van der Waals surface area contributed by atoms with E-state index in [9.17, 15) is 14.4 Å². The van der Waals surface area contributed by atoms with Crippen molar-refractivity contribution in [1.29, 1.82) is 0 Å². The summed E-state index contributed by atoms with van der Waals surface area (Å²) in [7, 11) is 0. The van der Waals surface area contributed by atoms with E-state index < -0.39 is 0 Å². The van der Waals surface area contributed by atoms with Gasteiger partial charge in [-0.1, -0.05) is 133 Å². The van der Waals surface area contributed by atoms with E-state index in [0.29, 0.717) is 33.9 Å². The van der Waals surface area contributed by atoms with E-state index in [1.54, 1.807) is 12.1 Å². The van der Waals surface area contributed by atoms with Crippen molar-refractivity contribution in [2.45, 2.75) is 111 Å². The monoisotopic (exact) mass is 678 g/mol. The summed E-state index contributed by atoms with van der Waals surface area (Å²) in [5.41, 5.74) is 3.04. The lowest BCUT2D eigenvalue weighted by atomic mass is 9.84. The summed E-state index contributed by atoms with van der Waals surface area (Å²) in [4.78, 5) is 44.5. The first-order valence-corrected chi connectivity index (χ1v) is 19.1. The highest BCUT2D eigenvalue weighted by Crippen LogP contribution is 2.41. The van der Waals surface area contributed by atoms with Crippen LogP contribution in [0.4, 0.5) is 0 Å². The lowest BCUT2D eigenvalue weighted by Gasteiger charge is -2.22. The highest BCUT2D eigenvalue weighted by Gasteiger charge is 2.34. The molecule has 250 valence electrons. The highest BCUT2D eigenvalue weighted by atomic mass is 32.2. The average Bonchev–Trinajstić information content (AvgIpc) is 3.09. The van der Waals surface area contributed by atoms with Gasteiger partial charge in [-0.15, -0.1) is 0 Å². The summed E-state index contributed by atoms with van der Waals surface area (Å²) in [5.74, 6) is 0.475. The van der Waals surface area contributed by atoms with Crippen molar-refractivity contribution in [3.8, 4) is 5.75 Å². The third kappa shape index (κ3) is 8.69. The summed E-state index contributed by atoms with van der Waals surface area (Å²) in [5, 5.41) is 0. The number of hydrogen-bond acceptors (Lipinski definition) is 6. The van der Waals surface area contributed by atoms with Crippen LogP contribution in [0.2, 0.25) is 0 Å². The first kappa shape index (κ1) is 35.7. The number of carbonyl (C=O) groups is 3. The van der Waals surface area contributed by atoms with Crippen LogP contribution >= 0.6 is 23.5 Å². The molecule has 1 aliphatic carbocycles. The first-order chi connectivity index (χ1) is 23.3. The van der Waals surface area contributed by atoms with E-state index in [2.05, 4.69) is 52.0 Å². The minimum atomic E-state index is -0.145. The predicted molar refractivity (Wildman–Crippen MR) is 197 cm³/mol. The standard InChI is InChI=1S/C42H46O4S2/c1-5-7-9-11-15-30(14-10-8-6-2)42(45)46-31-22-26-33(27-23-31)48-37-19-13-17-35-39(37)41(44)34-16-12-18-36(38(34)40(35)43)47-32-24-20-29(21-25-32)28(3)4/h12-13,16-28,30H,5-11,14-15H2,1-4H3. The van der Waals surface area contributed by atoms with Gasteiger partial charge in [0.2, 0.25) is 0 Å². The normalized spacial score (nSPS) is 12.9. The van der Waals surface area contributed by atoms with Crippen LogP contribution in [0.15, 0.2) is 105 Å². The Hall–Kier alpha value is -3.61. The predicted octanol–water partition coefficient (Wildman–Crippen LogP) is 12.0. The number of fused-ring (bicyclic) bond motifs is 2. The number of ether oxygens (including phenoxy) is 1. The summed E-state index contributed by atoms with van der Waals surface area (Å²) in [6.45, 7) is 8.70. The largest absolute Gasteiger partial charge is 0.426 e. The third-order valence-electron chi connectivity index (χ3n) is 8.94. The Bertz CT molecular complexity index is 1720. The molecule has 0 aromatic heterocycles. The van der Waals surface area contributed by atoms with Crippen LogP contribution in [0.3, 0.4) is 0 Å². The van der Waals surface area contributed by atoms with Crippen LogP contribution in [0.25, 0.3) is 0 Å². The minimum Gasteiger partial charge on any atom is -0.426 e. The van der Waals surface area contributed by atoms with Crippen LogP contribution in [0.5, 0.6) is 5.75 Å². The average molecular weight is 679 g/mol. The van der Waals surface area contributed by atoms with Crippen LogP contribution in [0.1, 0.15) is 129 Å². The molecule has 0 N–H and O–H groups in total. The molecule has 0 radical (unpaired) electrons. The molecule has 1 unspecified atom stereocenters.